The van der Waals surface area contributed by atoms with Crippen molar-refractivity contribution in [2.24, 2.45) is 0 Å². The predicted octanol–water partition coefficient (Wildman–Crippen LogP) is 3.13. The molecule has 1 rings (SSSR count). The Morgan fingerprint density at radius 2 is 2.14 bits per heavy atom. The van der Waals surface area contributed by atoms with Gasteiger partial charge in [-0.15, -0.1) is 0 Å². The molecule has 0 fully saturated rings. The van der Waals surface area contributed by atoms with Gasteiger partial charge in [0.1, 0.15) is 0 Å². The molecule has 78 valence electrons. The molecular weight excluding hydrogens is 289 g/mol. The highest BCUT2D eigenvalue weighted by Crippen LogP contribution is 2.16. The second-order valence-electron chi connectivity index (χ2n) is 2.96. The summed E-state index contributed by atoms with van der Waals surface area (Å²) in [5.74, 6) is 0. The molecule has 0 radical (unpaired) electrons. The summed E-state index contributed by atoms with van der Waals surface area (Å²) in [6.45, 7) is 4.64. The maximum Gasteiger partial charge on any atom is 0.0482 e. The molecule has 1 aromatic carbocycles. The minimum absolute atomic E-state index is 0.808. The van der Waals surface area contributed by atoms with E-state index in [2.05, 4.69) is 40.0 Å². The average molecular weight is 305 g/mol. The van der Waals surface area contributed by atoms with Gasteiger partial charge >= 0.3 is 0 Å². The van der Waals surface area contributed by atoms with Crippen molar-refractivity contribution in [1.82, 2.24) is 0 Å². The zero-order valence-corrected chi connectivity index (χ0v) is 10.6. The number of anilines is 1. The first-order chi connectivity index (χ1) is 6.84. The number of hydrogen-bond acceptors (Lipinski definition) is 2. The molecule has 1 aromatic rings. The highest BCUT2D eigenvalue weighted by atomic mass is 127. The van der Waals surface area contributed by atoms with E-state index in [1.165, 1.54) is 9.26 Å². The molecule has 3 heteroatoms. The summed E-state index contributed by atoms with van der Waals surface area (Å²) >= 11 is 2.34. The maximum atomic E-state index is 5.26. The first-order valence-electron chi connectivity index (χ1n) is 4.90. The summed E-state index contributed by atoms with van der Waals surface area (Å²) in [5.41, 5.74) is 1.21. The fourth-order valence-corrected chi connectivity index (χ4v) is 1.72. The van der Waals surface area contributed by atoms with Crippen LogP contribution in [0.25, 0.3) is 0 Å². The molecule has 14 heavy (non-hydrogen) atoms. The van der Waals surface area contributed by atoms with E-state index < -0.39 is 0 Å². The van der Waals surface area contributed by atoms with E-state index in [-0.39, 0.29) is 0 Å². The number of benzene rings is 1. The molecule has 0 amide bonds. The largest absolute Gasteiger partial charge is 0.384 e. The van der Waals surface area contributed by atoms with E-state index in [0.717, 1.165) is 26.2 Å². The van der Waals surface area contributed by atoms with Gasteiger partial charge in [0.2, 0.25) is 0 Å². The highest BCUT2D eigenvalue weighted by Gasteiger charge is 1.95. The number of hydrogen-bond donors (Lipinski definition) is 1. The van der Waals surface area contributed by atoms with E-state index in [4.69, 9.17) is 4.74 Å². The highest BCUT2D eigenvalue weighted by molar-refractivity contribution is 14.1. The minimum atomic E-state index is 0.808. The number of halogens is 1. The number of nitrogens with one attached hydrogen (secondary N) is 1. The van der Waals surface area contributed by atoms with Gasteiger partial charge in [-0.25, -0.2) is 0 Å². The van der Waals surface area contributed by atoms with Crippen molar-refractivity contribution in [3.05, 3.63) is 27.8 Å². The van der Waals surface area contributed by atoms with Crippen LogP contribution in [0.1, 0.15) is 13.3 Å². The van der Waals surface area contributed by atoms with Crippen LogP contribution in [0.4, 0.5) is 5.69 Å². The van der Waals surface area contributed by atoms with Crippen LogP contribution >= 0.6 is 22.6 Å². The van der Waals surface area contributed by atoms with Crippen molar-refractivity contribution in [3.63, 3.8) is 0 Å². The maximum absolute atomic E-state index is 5.26. The molecule has 0 bridgehead atoms. The first-order valence-corrected chi connectivity index (χ1v) is 5.98. The standard InChI is InChI=1S/C11H16INO/c1-2-14-9-5-8-13-11-7-4-3-6-10(11)12/h3-4,6-7,13H,2,5,8-9H2,1H3. The van der Waals surface area contributed by atoms with Gasteiger partial charge in [-0.3, -0.25) is 0 Å². The lowest BCUT2D eigenvalue weighted by Gasteiger charge is -2.07. The number of ether oxygens (including phenoxy) is 1. The lowest BCUT2D eigenvalue weighted by Crippen LogP contribution is -2.06. The fraction of sp³-hybridized carbons (Fsp3) is 0.455. The van der Waals surface area contributed by atoms with Crippen molar-refractivity contribution >= 4 is 28.3 Å². The smallest absolute Gasteiger partial charge is 0.0482 e. The molecule has 0 aliphatic heterocycles. The Kier molecular flexibility index (Phi) is 5.94. The quantitative estimate of drug-likeness (QED) is 0.644. The van der Waals surface area contributed by atoms with Crippen molar-refractivity contribution in [1.29, 1.82) is 0 Å². The zero-order chi connectivity index (χ0) is 10.2. The minimum Gasteiger partial charge on any atom is -0.384 e. The van der Waals surface area contributed by atoms with Crippen LogP contribution in [0, 0.1) is 3.57 Å². The molecule has 0 unspecified atom stereocenters. The Hall–Kier alpha value is -0.290. The molecule has 0 atom stereocenters. The van der Waals surface area contributed by atoms with Gasteiger partial charge in [0.05, 0.1) is 0 Å². The Labute approximate surface area is 99.2 Å². The Bertz CT molecular complexity index is 265. The number of para-hydroxylation sites is 1. The molecule has 0 aliphatic rings. The van der Waals surface area contributed by atoms with E-state index in [0.29, 0.717) is 0 Å². The Morgan fingerprint density at radius 3 is 2.86 bits per heavy atom. The molecule has 0 aromatic heterocycles. The van der Waals surface area contributed by atoms with Crippen molar-refractivity contribution in [2.45, 2.75) is 13.3 Å². The molecular formula is C11H16INO. The van der Waals surface area contributed by atoms with Gasteiger partial charge in [0.25, 0.3) is 0 Å². The van der Waals surface area contributed by atoms with Crippen molar-refractivity contribution < 1.29 is 4.74 Å². The van der Waals surface area contributed by atoms with Crippen molar-refractivity contribution in [3.8, 4) is 0 Å². The third-order valence-corrected chi connectivity index (χ3v) is 2.80. The first kappa shape index (κ1) is 11.8. The van der Waals surface area contributed by atoms with E-state index >= 15 is 0 Å². The van der Waals surface area contributed by atoms with Gasteiger partial charge in [-0.05, 0) is 48.1 Å². The van der Waals surface area contributed by atoms with Gasteiger partial charge in [0.15, 0.2) is 0 Å². The monoisotopic (exact) mass is 305 g/mol. The normalized spacial score (nSPS) is 10.1. The third kappa shape index (κ3) is 4.28. The predicted molar refractivity (Wildman–Crippen MR) is 68.8 cm³/mol. The van der Waals surface area contributed by atoms with Crippen LogP contribution in [-0.4, -0.2) is 19.8 Å². The number of rotatable bonds is 6. The van der Waals surface area contributed by atoms with Crippen LogP contribution in [0.3, 0.4) is 0 Å². The summed E-state index contributed by atoms with van der Waals surface area (Å²) in [4.78, 5) is 0. The van der Waals surface area contributed by atoms with Crippen LogP contribution < -0.4 is 5.32 Å². The Morgan fingerprint density at radius 1 is 1.36 bits per heavy atom. The van der Waals surface area contributed by atoms with Crippen LogP contribution in [0.2, 0.25) is 0 Å². The van der Waals surface area contributed by atoms with Crippen LogP contribution in [0.15, 0.2) is 24.3 Å². The van der Waals surface area contributed by atoms with Gasteiger partial charge in [-0.2, -0.15) is 0 Å². The molecule has 0 heterocycles. The lowest BCUT2D eigenvalue weighted by molar-refractivity contribution is 0.147. The van der Waals surface area contributed by atoms with E-state index in [9.17, 15) is 0 Å². The molecule has 0 saturated carbocycles. The van der Waals surface area contributed by atoms with Gasteiger partial charge in [0, 0.05) is 29.0 Å². The lowest BCUT2D eigenvalue weighted by atomic mass is 10.3. The topological polar surface area (TPSA) is 21.3 Å². The summed E-state index contributed by atoms with van der Waals surface area (Å²) in [7, 11) is 0. The second kappa shape index (κ2) is 7.06. The molecule has 1 N–H and O–H groups in total. The summed E-state index contributed by atoms with van der Waals surface area (Å²) in [6.07, 6.45) is 1.05. The average Bonchev–Trinajstić information content (AvgIpc) is 2.20. The zero-order valence-electron chi connectivity index (χ0n) is 8.42. The fourth-order valence-electron chi connectivity index (χ4n) is 1.15. The Balaban J connectivity index is 2.21. The molecule has 0 spiro atoms. The molecule has 0 saturated heterocycles. The van der Waals surface area contributed by atoms with E-state index in [1.54, 1.807) is 0 Å². The second-order valence-corrected chi connectivity index (χ2v) is 4.12. The van der Waals surface area contributed by atoms with Gasteiger partial charge < -0.3 is 10.1 Å². The van der Waals surface area contributed by atoms with Crippen LogP contribution in [-0.2, 0) is 4.74 Å². The summed E-state index contributed by atoms with van der Waals surface area (Å²) in [6, 6.07) is 8.30. The molecule has 0 aliphatic carbocycles. The van der Waals surface area contributed by atoms with Gasteiger partial charge in [-0.1, -0.05) is 12.1 Å². The van der Waals surface area contributed by atoms with E-state index in [1.807, 2.05) is 19.1 Å². The SMILES string of the molecule is CCOCCCNc1ccccc1I. The van der Waals surface area contributed by atoms with Crippen LogP contribution in [0.5, 0.6) is 0 Å². The molecule has 2 nitrogen and oxygen atoms in total. The van der Waals surface area contributed by atoms with Crippen molar-refractivity contribution in [2.75, 3.05) is 25.1 Å². The summed E-state index contributed by atoms with van der Waals surface area (Å²) < 4.78 is 6.53. The summed E-state index contributed by atoms with van der Waals surface area (Å²) in [5, 5.41) is 3.38. The third-order valence-electron chi connectivity index (χ3n) is 1.86.